The minimum Gasteiger partial charge on any atom is -0.489 e. The topological polar surface area (TPSA) is 35.0 Å². The van der Waals surface area contributed by atoms with Gasteiger partial charge in [0.15, 0.2) is 5.82 Å². The van der Waals surface area contributed by atoms with Crippen LogP contribution in [0.15, 0.2) is 60.9 Å². The molecule has 0 N–H and O–H groups in total. The van der Waals surface area contributed by atoms with Gasteiger partial charge in [-0.3, -0.25) is 0 Å². The molecule has 0 unspecified atom stereocenters. The average molecular weight is 501 g/mol. The molecule has 0 bridgehead atoms. The van der Waals surface area contributed by atoms with Crippen LogP contribution in [0.25, 0.3) is 11.4 Å². The maximum atomic E-state index is 6.02. The first-order valence-corrected chi connectivity index (χ1v) is 14.9. The summed E-state index contributed by atoms with van der Waals surface area (Å²) in [6, 6.07) is 17.0. The predicted molar refractivity (Wildman–Crippen MR) is 157 cm³/mol. The van der Waals surface area contributed by atoms with Crippen molar-refractivity contribution in [3.05, 3.63) is 77.6 Å². The predicted octanol–water partition coefficient (Wildman–Crippen LogP) is 9.92. The third-order valence-electron chi connectivity index (χ3n) is 7.13. The highest BCUT2D eigenvalue weighted by Crippen LogP contribution is 2.21. The van der Waals surface area contributed by atoms with Gasteiger partial charge in [0.25, 0.3) is 0 Å². The summed E-state index contributed by atoms with van der Waals surface area (Å²) in [5.41, 5.74) is 4.89. The highest BCUT2D eigenvalue weighted by molar-refractivity contribution is 5.55. The minimum absolute atomic E-state index is 0.584. The van der Waals surface area contributed by atoms with Crippen molar-refractivity contribution in [1.82, 2.24) is 9.97 Å². The summed E-state index contributed by atoms with van der Waals surface area (Å²) in [7, 11) is 0. The number of benzene rings is 2. The Morgan fingerprint density at radius 2 is 1.00 bits per heavy atom. The first-order valence-electron chi connectivity index (χ1n) is 14.9. The molecular formula is C34H48N2O. The summed E-state index contributed by atoms with van der Waals surface area (Å²) in [6.07, 6.45) is 23.6. The molecule has 0 aliphatic rings. The highest BCUT2D eigenvalue weighted by atomic mass is 16.5. The fourth-order valence-electron chi connectivity index (χ4n) is 4.70. The Morgan fingerprint density at radius 1 is 0.514 bits per heavy atom. The van der Waals surface area contributed by atoms with Crippen molar-refractivity contribution in [3.8, 4) is 17.1 Å². The van der Waals surface area contributed by atoms with Crippen LogP contribution in [0, 0.1) is 0 Å². The molecule has 0 aliphatic carbocycles. The first-order chi connectivity index (χ1) is 18.3. The summed E-state index contributed by atoms with van der Waals surface area (Å²) in [4.78, 5) is 9.22. The summed E-state index contributed by atoms with van der Waals surface area (Å²) in [6.45, 7) is 5.12. The van der Waals surface area contributed by atoms with E-state index >= 15 is 0 Å². The molecule has 2 aromatic carbocycles. The maximum absolute atomic E-state index is 6.02. The Hall–Kier alpha value is -2.68. The van der Waals surface area contributed by atoms with Crippen LogP contribution in [0.1, 0.15) is 114 Å². The van der Waals surface area contributed by atoms with E-state index in [4.69, 9.17) is 4.74 Å². The summed E-state index contributed by atoms with van der Waals surface area (Å²) in [5, 5.41) is 0. The molecule has 3 nitrogen and oxygen atoms in total. The van der Waals surface area contributed by atoms with Crippen molar-refractivity contribution in [2.75, 3.05) is 0 Å². The Labute approximate surface area is 226 Å². The van der Waals surface area contributed by atoms with Gasteiger partial charge in [0.1, 0.15) is 12.4 Å². The van der Waals surface area contributed by atoms with Crippen LogP contribution in [0.5, 0.6) is 5.75 Å². The van der Waals surface area contributed by atoms with Gasteiger partial charge >= 0.3 is 0 Å². The Bertz CT molecular complexity index is 964. The van der Waals surface area contributed by atoms with Gasteiger partial charge in [0.2, 0.25) is 0 Å². The molecule has 37 heavy (non-hydrogen) atoms. The van der Waals surface area contributed by atoms with Gasteiger partial charge in [-0.2, -0.15) is 0 Å². The second-order valence-electron chi connectivity index (χ2n) is 10.4. The Morgan fingerprint density at radius 3 is 1.57 bits per heavy atom. The first kappa shape index (κ1) is 28.9. The number of aromatic nitrogens is 2. The van der Waals surface area contributed by atoms with Crippen LogP contribution in [-0.4, -0.2) is 9.97 Å². The molecular weight excluding hydrogens is 452 g/mol. The van der Waals surface area contributed by atoms with Crippen LogP contribution in [0.3, 0.4) is 0 Å². The molecule has 3 rings (SSSR count). The summed E-state index contributed by atoms with van der Waals surface area (Å²) >= 11 is 0. The van der Waals surface area contributed by atoms with Crippen molar-refractivity contribution in [1.29, 1.82) is 0 Å². The van der Waals surface area contributed by atoms with Gasteiger partial charge in [-0.05, 0) is 66.6 Å². The second-order valence-corrected chi connectivity index (χ2v) is 10.4. The number of nitrogens with zero attached hydrogens (tertiary/aromatic N) is 2. The van der Waals surface area contributed by atoms with E-state index in [0.29, 0.717) is 6.61 Å². The smallest absolute Gasteiger partial charge is 0.159 e. The zero-order valence-corrected chi connectivity index (χ0v) is 23.4. The fraction of sp³-hybridized carbons (Fsp3) is 0.529. The summed E-state index contributed by atoms with van der Waals surface area (Å²) in [5.74, 6) is 1.64. The van der Waals surface area contributed by atoms with E-state index in [9.17, 15) is 0 Å². The van der Waals surface area contributed by atoms with Crippen molar-refractivity contribution < 1.29 is 4.74 Å². The molecule has 0 radical (unpaired) electrons. The van der Waals surface area contributed by atoms with Gasteiger partial charge in [0, 0.05) is 18.0 Å². The van der Waals surface area contributed by atoms with Gasteiger partial charge in [-0.15, -0.1) is 0 Å². The summed E-state index contributed by atoms with van der Waals surface area (Å²) < 4.78 is 6.02. The van der Waals surface area contributed by atoms with Crippen LogP contribution in [-0.2, 0) is 19.4 Å². The zero-order valence-electron chi connectivity index (χ0n) is 23.4. The molecule has 0 atom stereocenters. The molecule has 200 valence electrons. The molecule has 1 aromatic heterocycles. The molecule has 0 saturated carbocycles. The van der Waals surface area contributed by atoms with Gasteiger partial charge in [-0.1, -0.05) is 109 Å². The van der Waals surface area contributed by atoms with Gasteiger partial charge in [-0.25, -0.2) is 9.97 Å². The van der Waals surface area contributed by atoms with Crippen LogP contribution >= 0.6 is 0 Å². The molecule has 3 aromatic rings. The number of aryl methyl sites for hydroxylation is 2. The molecule has 0 spiro atoms. The average Bonchev–Trinajstić information content (AvgIpc) is 2.94. The van der Waals surface area contributed by atoms with Crippen LogP contribution in [0.2, 0.25) is 0 Å². The lowest BCUT2D eigenvalue weighted by Crippen LogP contribution is -1.97. The SMILES string of the molecule is CCCCCCCCCc1cnc(-c2ccc(OCc3ccc(CCCCCCCC)cc3)cc2)nc1. The highest BCUT2D eigenvalue weighted by Gasteiger charge is 2.04. The fourth-order valence-corrected chi connectivity index (χ4v) is 4.70. The standard InChI is InChI=1S/C34H48N2O/c1-3-5-7-9-11-13-15-17-31-26-35-34(36-27-31)32-22-24-33(25-23-32)37-28-30-20-18-29(19-21-30)16-14-12-10-8-6-4-2/h18-27H,3-17,28H2,1-2H3. The number of unbranched alkanes of at least 4 members (excludes halogenated alkanes) is 11. The van der Waals surface area contributed by atoms with Gasteiger partial charge in [0.05, 0.1) is 0 Å². The van der Waals surface area contributed by atoms with E-state index < -0.39 is 0 Å². The minimum atomic E-state index is 0.584. The van der Waals surface area contributed by atoms with Crippen molar-refractivity contribution in [2.24, 2.45) is 0 Å². The quantitative estimate of drug-likeness (QED) is 0.154. The lowest BCUT2D eigenvalue weighted by molar-refractivity contribution is 0.306. The maximum Gasteiger partial charge on any atom is 0.159 e. The third kappa shape index (κ3) is 11.5. The molecule has 3 heteroatoms. The van der Waals surface area contributed by atoms with Crippen molar-refractivity contribution in [3.63, 3.8) is 0 Å². The molecule has 0 saturated heterocycles. The number of hydrogen-bond acceptors (Lipinski definition) is 3. The second kappa shape index (κ2) is 17.7. The van der Waals surface area contributed by atoms with E-state index in [0.717, 1.165) is 23.6 Å². The molecule has 0 fully saturated rings. The van der Waals surface area contributed by atoms with E-state index in [2.05, 4.69) is 48.1 Å². The van der Waals surface area contributed by atoms with E-state index in [1.807, 2.05) is 36.7 Å². The van der Waals surface area contributed by atoms with Crippen molar-refractivity contribution >= 4 is 0 Å². The lowest BCUT2D eigenvalue weighted by atomic mass is 10.0. The Balaban J connectivity index is 1.36. The molecule has 0 amide bonds. The zero-order chi connectivity index (χ0) is 26.0. The van der Waals surface area contributed by atoms with Gasteiger partial charge < -0.3 is 4.74 Å². The number of ether oxygens (including phenoxy) is 1. The van der Waals surface area contributed by atoms with E-state index in [-0.39, 0.29) is 0 Å². The van der Waals surface area contributed by atoms with E-state index in [1.54, 1.807) is 0 Å². The third-order valence-corrected chi connectivity index (χ3v) is 7.13. The monoisotopic (exact) mass is 500 g/mol. The normalized spacial score (nSPS) is 11.1. The van der Waals surface area contributed by atoms with E-state index in [1.165, 1.54) is 107 Å². The van der Waals surface area contributed by atoms with Crippen LogP contribution in [0.4, 0.5) is 0 Å². The number of hydrogen-bond donors (Lipinski definition) is 0. The van der Waals surface area contributed by atoms with Crippen LogP contribution < -0.4 is 4.74 Å². The lowest BCUT2D eigenvalue weighted by Gasteiger charge is -2.09. The molecule has 0 aliphatic heterocycles. The number of rotatable bonds is 19. The van der Waals surface area contributed by atoms with Crippen molar-refractivity contribution in [2.45, 2.75) is 117 Å². The Kier molecular flexibility index (Phi) is 13.8. The largest absolute Gasteiger partial charge is 0.489 e. The molecule has 1 heterocycles.